The molecule has 2 amide bonds. The monoisotopic (exact) mass is 441 g/mol. The number of benzene rings is 2. The maximum absolute atomic E-state index is 14.1. The van der Waals surface area contributed by atoms with Crippen LogP contribution in [0, 0.1) is 5.82 Å². The molecule has 2 atom stereocenters. The van der Waals surface area contributed by atoms with Crippen LogP contribution >= 0.6 is 11.3 Å². The van der Waals surface area contributed by atoms with E-state index in [0.29, 0.717) is 17.8 Å². The van der Waals surface area contributed by atoms with Gasteiger partial charge in [-0.25, -0.2) is 4.39 Å². The third-order valence-electron chi connectivity index (χ3n) is 5.36. The van der Waals surface area contributed by atoms with Crippen molar-refractivity contribution in [1.29, 1.82) is 0 Å². The van der Waals surface area contributed by atoms with Crippen LogP contribution in [0.2, 0.25) is 0 Å². The quantitative estimate of drug-likeness (QED) is 0.632. The number of thiazole rings is 1. The van der Waals surface area contributed by atoms with E-state index < -0.39 is 17.8 Å². The van der Waals surface area contributed by atoms with Crippen LogP contribution in [0.1, 0.15) is 42.6 Å². The zero-order chi connectivity index (χ0) is 21.8. The lowest BCUT2D eigenvalue weighted by atomic mass is 10.1. The van der Waals surface area contributed by atoms with Gasteiger partial charge in [-0.2, -0.15) is 4.99 Å². The maximum Gasteiger partial charge on any atom is 0.282 e. The van der Waals surface area contributed by atoms with Crippen molar-refractivity contribution in [1.82, 2.24) is 9.88 Å². The number of para-hydroxylation sites is 1. The minimum absolute atomic E-state index is 0.0393. The van der Waals surface area contributed by atoms with Gasteiger partial charge < -0.3 is 14.6 Å². The van der Waals surface area contributed by atoms with Gasteiger partial charge >= 0.3 is 0 Å². The summed E-state index contributed by atoms with van der Waals surface area (Å²) in [6.45, 7) is 3.10. The maximum atomic E-state index is 14.1. The molecule has 1 aliphatic rings. The molecular formula is C23H24FN3O3S. The molecule has 31 heavy (non-hydrogen) atoms. The van der Waals surface area contributed by atoms with Gasteiger partial charge in [0.15, 0.2) is 4.80 Å². The summed E-state index contributed by atoms with van der Waals surface area (Å²) in [7, 11) is 0. The minimum atomic E-state index is -0.673. The molecule has 1 N–H and O–H groups in total. The zero-order valence-corrected chi connectivity index (χ0v) is 18.0. The first-order valence-electron chi connectivity index (χ1n) is 10.4. The van der Waals surface area contributed by atoms with E-state index in [0.717, 1.165) is 29.7 Å². The fourth-order valence-corrected chi connectivity index (χ4v) is 4.84. The van der Waals surface area contributed by atoms with Gasteiger partial charge in [0.05, 0.1) is 21.9 Å². The molecule has 1 saturated heterocycles. The molecule has 0 radical (unpaired) electrons. The molecule has 2 unspecified atom stereocenters. The van der Waals surface area contributed by atoms with E-state index in [1.54, 1.807) is 10.6 Å². The van der Waals surface area contributed by atoms with Crippen molar-refractivity contribution in [2.24, 2.45) is 4.99 Å². The van der Waals surface area contributed by atoms with Crippen LogP contribution < -0.4 is 10.1 Å². The number of nitrogens with one attached hydrogen (secondary N) is 1. The van der Waals surface area contributed by atoms with Crippen molar-refractivity contribution in [2.45, 2.75) is 38.3 Å². The Morgan fingerprint density at radius 1 is 1.26 bits per heavy atom. The second kappa shape index (κ2) is 9.53. The van der Waals surface area contributed by atoms with E-state index in [9.17, 15) is 14.0 Å². The van der Waals surface area contributed by atoms with E-state index in [4.69, 9.17) is 4.74 Å². The number of nitrogens with zero attached hydrogens (tertiary/aromatic N) is 2. The lowest BCUT2D eigenvalue weighted by molar-refractivity contribution is -0.124. The van der Waals surface area contributed by atoms with Crippen molar-refractivity contribution in [3.63, 3.8) is 0 Å². The van der Waals surface area contributed by atoms with Gasteiger partial charge in [0.25, 0.3) is 5.91 Å². The van der Waals surface area contributed by atoms with Crippen LogP contribution in [-0.2, 0) is 9.53 Å². The summed E-state index contributed by atoms with van der Waals surface area (Å²) < 4.78 is 22.4. The molecule has 8 heteroatoms. The Labute approximate surface area is 183 Å². The molecule has 1 fully saturated rings. The highest BCUT2D eigenvalue weighted by molar-refractivity contribution is 7.16. The largest absolute Gasteiger partial charge is 0.376 e. The molecule has 0 bridgehead atoms. The Morgan fingerprint density at radius 2 is 2.03 bits per heavy atom. The van der Waals surface area contributed by atoms with Gasteiger partial charge in [-0.3, -0.25) is 9.59 Å². The standard InChI is InChI=1S/C23H24FN3O3S/c1-2-18(22(29)25-14-15-8-7-13-30-15)27-19-11-5-6-12-20(19)31-23(27)26-21(28)16-9-3-4-10-17(16)24/h3-6,9-12,15,18H,2,7-8,13-14H2,1H3,(H,25,29). The number of carbonyl (C=O) groups is 2. The highest BCUT2D eigenvalue weighted by Gasteiger charge is 2.24. The first kappa shape index (κ1) is 21.4. The van der Waals surface area contributed by atoms with Gasteiger partial charge in [-0.15, -0.1) is 0 Å². The summed E-state index contributed by atoms with van der Waals surface area (Å²) in [6.07, 6.45) is 2.49. The average Bonchev–Trinajstić information content (AvgIpc) is 3.41. The molecule has 0 saturated carbocycles. The van der Waals surface area contributed by atoms with Crippen LogP contribution in [0.15, 0.2) is 53.5 Å². The lowest BCUT2D eigenvalue weighted by Gasteiger charge is -2.19. The predicted octanol–water partition coefficient (Wildman–Crippen LogP) is 3.83. The molecule has 1 aromatic heterocycles. The fourth-order valence-electron chi connectivity index (χ4n) is 3.78. The Kier molecular flexibility index (Phi) is 6.58. The van der Waals surface area contributed by atoms with Crippen LogP contribution in [0.3, 0.4) is 0 Å². The van der Waals surface area contributed by atoms with Crippen LogP contribution in [-0.4, -0.2) is 35.6 Å². The third-order valence-corrected chi connectivity index (χ3v) is 6.40. The van der Waals surface area contributed by atoms with E-state index in [1.165, 1.54) is 29.5 Å². The molecule has 0 spiro atoms. The first-order chi connectivity index (χ1) is 15.1. The normalized spacial score (nSPS) is 17.7. The predicted molar refractivity (Wildman–Crippen MR) is 117 cm³/mol. The second-order valence-corrected chi connectivity index (χ2v) is 8.43. The number of fused-ring (bicyclic) bond motifs is 1. The molecule has 0 aliphatic carbocycles. The summed E-state index contributed by atoms with van der Waals surface area (Å²) in [6, 6.07) is 12.8. The van der Waals surface area contributed by atoms with Crippen LogP contribution in [0.5, 0.6) is 0 Å². The molecular weight excluding hydrogens is 417 g/mol. The zero-order valence-electron chi connectivity index (χ0n) is 17.2. The highest BCUT2D eigenvalue weighted by atomic mass is 32.1. The summed E-state index contributed by atoms with van der Waals surface area (Å²) in [5.74, 6) is -1.44. The number of hydrogen-bond donors (Lipinski definition) is 1. The summed E-state index contributed by atoms with van der Waals surface area (Å²) in [4.78, 5) is 30.4. The average molecular weight is 442 g/mol. The van der Waals surface area contributed by atoms with Gasteiger partial charge in [-0.1, -0.05) is 42.5 Å². The van der Waals surface area contributed by atoms with Crippen LogP contribution in [0.25, 0.3) is 10.2 Å². The SMILES string of the molecule is CCC(C(=O)NCC1CCCO1)n1c(=NC(=O)c2ccccc2F)sc2ccccc21. The molecule has 6 nitrogen and oxygen atoms in total. The van der Waals surface area contributed by atoms with E-state index in [-0.39, 0.29) is 17.6 Å². The van der Waals surface area contributed by atoms with Gasteiger partial charge in [0, 0.05) is 13.2 Å². The molecule has 2 heterocycles. The number of amides is 2. The van der Waals surface area contributed by atoms with Crippen molar-refractivity contribution in [3.05, 3.63) is 64.7 Å². The third kappa shape index (κ3) is 4.60. The Balaban J connectivity index is 1.72. The molecule has 3 aromatic rings. The summed E-state index contributed by atoms with van der Waals surface area (Å²) in [5.41, 5.74) is 0.717. The van der Waals surface area contributed by atoms with Crippen molar-refractivity contribution >= 4 is 33.4 Å². The van der Waals surface area contributed by atoms with Gasteiger partial charge in [0.1, 0.15) is 11.9 Å². The number of ether oxygens (including phenoxy) is 1. The Hall–Kier alpha value is -2.84. The summed E-state index contributed by atoms with van der Waals surface area (Å²) in [5, 5.41) is 2.98. The van der Waals surface area contributed by atoms with E-state index >= 15 is 0 Å². The Morgan fingerprint density at radius 3 is 2.77 bits per heavy atom. The smallest absolute Gasteiger partial charge is 0.282 e. The molecule has 1 aliphatic heterocycles. The van der Waals surface area contributed by atoms with Gasteiger partial charge in [-0.05, 0) is 43.5 Å². The Bertz CT molecular complexity index is 1160. The first-order valence-corrected chi connectivity index (χ1v) is 11.2. The minimum Gasteiger partial charge on any atom is -0.376 e. The lowest BCUT2D eigenvalue weighted by Crippen LogP contribution is -2.39. The topological polar surface area (TPSA) is 72.7 Å². The number of hydrogen-bond acceptors (Lipinski definition) is 4. The second-order valence-electron chi connectivity index (χ2n) is 7.42. The van der Waals surface area contributed by atoms with Gasteiger partial charge in [0.2, 0.25) is 5.91 Å². The molecule has 162 valence electrons. The molecule has 4 rings (SSSR count). The van der Waals surface area contributed by atoms with Crippen molar-refractivity contribution < 1.29 is 18.7 Å². The number of rotatable bonds is 6. The number of halogens is 1. The van der Waals surface area contributed by atoms with E-state index in [2.05, 4.69) is 10.3 Å². The highest BCUT2D eigenvalue weighted by Crippen LogP contribution is 2.23. The number of carbonyl (C=O) groups excluding carboxylic acids is 2. The van der Waals surface area contributed by atoms with Crippen LogP contribution in [0.4, 0.5) is 4.39 Å². The fraction of sp³-hybridized carbons (Fsp3) is 0.348. The number of aromatic nitrogens is 1. The van der Waals surface area contributed by atoms with Crippen molar-refractivity contribution in [3.8, 4) is 0 Å². The molecule has 2 aromatic carbocycles. The van der Waals surface area contributed by atoms with E-state index in [1.807, 2.05) is 31.2 Å². The van der Waals surface area contributed by atoms with Crippen molar-refractivity contribution in [2.75, 3.05) is 13.2 Å². The summed E-state index contributed by atoms with van der Waals surface area (Å²) >= 11 is 1.31.